The molecule has 5 rings (SSSR count). The van der Waals surface area contributed by atoms with Crippen molar-refractivity contribution in [1.29, 1.82) is 0 Å². The Morgan fingerprint density at radius 3 is 2.19 bits per heavy atom. The Labute approximate surface area is 161 Å². The van der Waals surface area contributed by atoms with Crippen LogP contribution in [0.15, 0.2) is 48.5 Å². The Morgan fingerprint density at radius 2 is 1.50 bits per heavy atom. The number of imide groups is 1. The van der Waals surface area contributed by atoms with Crippen LogP contribution in [-0.4, -0.2) is 11.8 Å². The highest BCUT2D eigenvalue weighted by Gasteiger charge is 2.64. The molecule has 3 nitrogen and oxygen atoms in total. The van der Waals surface area contributed by atoms with E-state index in [4.69, 9.17) is 23.2 Å². The maximum absolute atomic E-state index is 13.2. The maximum Gasteiger partial charge on any atom is 0.237 e. The van der Waals surface area contributed by atoms with E-state index < -0.39 is 0 Å². The Hall–Kier alpha value is -1.84. The fraction of sp³-hybridized carbons (Fsp3) is 0.333. The molecule has 2 saturated carbocycles. The summed E-state index contributed by atoms with van der Waals surface area (Å²) >= 11 is 12.2. The largest absolute Gasteiger partial charge is 0.274 e. The van der Waals surface area contributed by atoms with Gasteiger partial charge >= 0.3 is 0 Å². The SMILES string of the molecule is O=C1[C@H]2[C@H]3C[C@@H]([C@@H]2C(=O)N1c1cc(Cl)cc(Cl)c1)[C@@H](c1ccccc1)C3. The van der Waals surface area contributed by atoms with E-state index in [1.54, 1.807) is 18.2 Å². The molecule has 0 N–H and O–H groups in total. The zero-order chi connectivity index (χ0) is 18.0. The third-order valence-corrected chi connectivity index (χ3v) is 6.79. The molecule has 132 valence electrons. The molecule has 5 atom stereocenters. The van der Waals surface area contributed by atoms with Crippen molar-refractivity contribution < 1.29 is 9.59 Å². The lowest BCUT2D eigenvalue weighted by Gasteiger charge is -2.28. The molecule has 2 aromatic carbocycles. The zero-order valence-corrected chi connectivity index (χ0v) is 15.5. The van der Waals surface area contributed by atoms with Gasteiger partial charge in [0.15, 0.2) is 0 Å². The molecule has 1 heterocycles. The molecule has 5 heteroatoms. The Kier molecular flexibility index (Phi) is 3.67. The minimum Gasteiger partial charge on any atom is -0.274 e. The third kappa shape index (κ3) is 2.27. The van der Waals surface area contributed by atoms with Crippen molar-refractivity contribution >= 4 is 40.7 Å². The minimum atomic E-state index is -0.218. The van der Waals surface area contributed by atoms with Crippen molar-refractivity contribution in [3.63, 3.8) is 0 Å². The molecule has 0 spiro atoms. The number of nitrogens with zero attached hydrogens (tertiary/aromatic N) is 1. The van der Waals surface area contributed by atoms with Crippen molar-refractivity contribution in [1.82, 2.24) is 0 Å². The van der Waals surface area contributed by atoms with Gasteiger partial charge in [-0.1, -0.05) is 53.5 Å². The number of hydrogen-bond donors (Lipinski definition) is 0. The first kappa shape index (κ1) is 16.3. The lowest BCUT2D eigenvalue weighted by atomic mass is 9.73. The molecule has 2 amide bonds. The molecule has 2 aliphatic carbocycles. The summed E-state index contributed by atoms with van der Waals surface area (Å²) in [6, 6.07) is 15.2. The van der Waals surface area contributed by atoms with Gasteiger partial charge in [0.05, 0.1) is 17.5 Å². The van der Waals surface area contributed by atoms with Gasteiger partial charge in [-0.3, -0.25) is 9.59 Å². The van der Waals surface area contributed by atoms with Crippen molar-refractivity contribution in [3.8, 4) is 0 Å². The van der Waals surface area contributed by atoms with Crippen LogP contribution in [0, 0.1) is 23.7 Å². The Balaban J connectivity index is 1.51. The fourth-order valence-corrected chi connectivity index (χ4v) is 5.98. The smallest absolute Gasteiger partial charge is 0.237 e. The van der Waals surface area contributed by atoms with E-state index in [-0.39, 0.29) is 35.5 Å². The topological polar surface area (TPSA) is 37.4 Å². The van der Waals surface area contributed by atoms with Gasteiger partial charge in [0.25, 0.3) is 0 Å². The van der Waals surface area contributed by atoms with Crippen molar-refractivity contribution in [2.45, 2.75) is 18.8 Å². The second kappa shape index (κ2) is 5.83. The number of benzene rings is 2. The summed E-state index contributed by atoms with van der Waals surface area (Å²) in [4.78, 5) is 27.6. The molecule has 3 fully saturated rings. The first-order valence-corrected chi connectivity index (χ1v) is 9.69. The summed E-state index contributed by atoms with van der Waals surface area (Å²) in [7, 11) is 0. The van der Waals surface area contributed by atoms with E-state index in [0.717, 1.165) is 12.8 Å². The van der Waals surface area contributed by atoms with Gasteiger partial charge in [0, 0.05) is 10.0 Å². The standard InChI is InChI=1S/C21H17Cl2NO2/c22-13-8-14(23)10-15(9-13)24-20(25)18-12-6-16(11-4-2-1-3-5-11)17(7-12)19(18)21(24)26/h1-5,8-10,12,16-19H,6-7H2/t12-,16-,17-,18+,19+/m1/s1. The molecule has 2 bridgehead atoms. The first-order chi connectivity index (χ1) is 12.5. The van der Waals surface area contributed by atoms with Crippen molar-refractivity contribution in [3.05, 3.63) is 64.1 Å². The molecular formula is C21H17Cl2NO2. The molecule has 26 heavy (non-hydrogen) atoms. The van der Waals surface area contributed by atoms with Gasteiger partial charge in [-0.05, 0) is 54.4 Å². The average Bonchev–Trinajstić information content (AvgIpc) is 3.26. The van der Waals surface area contributed by atoms with Crippen molar-refractivity contribution in [2.24, 2.45) is 23.7 Å². The summed E-state index contributed by atoms with van der Waals surface area (Å²) in [6.45, 7) is 0. The normalized spacial score (nSPS) is 32.4. The van der Waals surface area contributed by atoms with Crippen LogP contribution in [-0.2, 0) is 9.59 Å². The number of anilines is 1. The lowest BCUT2D eigenvalue weighted by molar-refractivity contribution is -0.123. The zero-order valence-electron chi connectivity index (χ0n) is 13.9. The van der Waals surface area contributed by atoms with Gasteiger partial charge in [-0.15, -0.1) is 0 Å². The quantitative estimate of drug-likeness (QED) is 0.687. The van der Waals surface area contributed by atoms with Crippen LogP contribution in [0.2, 0.25) is 10.0 Å². The minimum absolute atomic E-state index is 0.0858. The van der Waals surface area contributed by atoms with Crippen molar-refractivity contribution in [2.75, 3.05) is 4.90 Å². The molecule has 1 saturated heterocycles. The van der Waals surface area contributed by atoms with E-state index >= 15 is 0 Å². The number of halogens is 2. The highest BCUT2D eigenvalue weighted by Crippen LogP contribution is 2.61. The highest BCUT2D eigenvalue weighted by molar-refractivity contribution is 6.35. The third-order valence-electron chi connectivity index (χ3n) is 6.35. The van der Waals surface area contributed by atoms with E-state index in [9.17, 15) is 9.59 Å². The van der Waals surface area contributed by atoms with Gasteiger partial charge in [0.1, 0.15) is 0 Å². The van der Waals surface area contributed by atoms with E-state index in [0.29, 0.717) is 21.7 Å². The lowest BCUT2D eigenvalue weighted by Crippen LogP contribution is -2.33. The number of fused-ring (bicyclic) bond motifs is 5. The number of carbonyl (C=O) groups excluding carboxylic acids is 2. The van der Waals surface area contributed by atoms with Crippen LogP contribution in [0.25, 0.3) is 0 Å². The molecule has 3 aliphatic rings. The van der Waals surface area contributed by atoms with Crippen LogP contribution in [0.3, 0.4) is 0 Å². The Morgan fingerprint density at radius 1 is 0.846 bits per heavy atom. The molecule has 0 radical (unpaired) electrons. The molecule has 0 unspecified atom stereocenters. The molecule has 2 aromatic rings. The predicted molar refractivity (Wildman–Crippen MR) is 101 cm³/mol. The van der Waals surface area contributed by atoms with Crippen LogP contribution in [0.5, 0.6) is 0 Å². The van der Waals surface area contributed by atoms with E-state index in [1.807, 2.05) is 18.2 Å². The second-order valence-corrected chi connectivity index (χ2v) is 8.48. The Bertz CT molecular complexity index is 893. The van der Waals surface area contributed by atoms with Gasteiger partial charge < -0.3 is 0 Å². The monoisotopic (exact) mass is 385 g/mol. The summed E-state index contributed by atoms with van der Waals surface area (Å²) in [5.41, 5.74) is 1.77. The number of rotatable bonds is 2. The summed E-state index contributed by atoms with van der Waals surface area (Å²) < 4.78 is 0. The van der Waals surface area contributed by atoms with Gasteiger partial charge in [0.2, 0.25) is 11.8 Å². The summed E-state index contributed by atoms with van der Waals surface area (Å²) in [5, 5.41) is 0.852. The van der Waals surface area contributed by atoms with E-state index in [1.165, 1.54) is 10.5 Å². The molecular weight excluding hydrogens is 369 g/mol. The predicted octanol–water partition coefficient (Wildman–Crippen LogP) is 4.92. The number of amides is 2. The second-order valence-electron chi connectivity index (χ2n) is 7.60. The number of hydrogen-bond acceptors (Lipinski definition) is 2. The maximum atomic E-state index is 13.2. The number of carbonyl (C=O) groups is 2. The van der Waals surface area contributed by atoms with Crippen LogP contribution >= 0.6 is 23.2 Å². The average molecular weight is 386 g/mol. The van der Waals surface area contributed by atoms with E-state index in [2.05, 4.69) is 12.1 Å². The molecule has 0 aromatic heterocycles. The van der Waals surface area contributed by atoms with Gasteiger partial charge in [-0.2, -0.15) is 0 Å². The summed E-state index contributed by atoms with van der Waals surface area (Å²) in [6.07, 6.45) is 1.95. The first-order valence-electron chi connectivity index (χ1n) is 8.93. The van der Waals surface area contributed by atoms with Crippen LogP contribution < -0.4 is 4.90 Å². The highest BCUT2D eigenvalue weighted by atomic mass is 35.5. The van der Waals surface area contributed by atoms with Gasteiger partial charge in [-0.25, -0.2) is 4.90 Å². The summed E-state index contributed by atoms with van der Waals surface area (Å²) in [5.74, 6) is 0.301. The van der Waals surface area contributed by atoms with Crippen LogP contribution in [0.1, 0.15) is 24.3 Å². The van der Waals surface area contributed by atoms with Crippen LogP contribution in [0.4, 0.5) is 5.69 Å². The fourth-order valence-electron chi connectivity index (χ4n) is 5.47. The molecule has 1 aliphatic heterocycles.